The maximum absolute atomic E-state index is 12.6. The first-order valence-corrected chi connectivity index (χ1v) is 12.8. The summed E-state index contributed by atoms with van der Waals surface area (Å²) in [6.07, 6.45) is 7.08. The molecule has 0 radical (unpaired) electrons. The number of nitrogens with one attached hydrogen (secondary N) is 1. The predicted octanol–water partition coefficient (Wildman–Crippen LogP) is 5.81. The highest BCUT2D eigenvalue weighted by atomic mass is 35.5. The summed E-state index contributed by atoms with van der Waals surface area (Å²) in [5.41, 5.74) is 3.91. The zero-order chi connectivity index (χ0) is 23.2. The van der Waals surface area contributed by atoms with Crippen LogP contribution in [0, 0.1) is 0 Å². The van der Waals surface area contributed by atoms with E-state index in [2.05, 4.69) is 28.1 Å². The average Bonchev–Trinajstić information content (AvgIpc) is 2.84. The van der Waals surface area contributed by atoms with Gasteiger partial charge in [-0.15, -0.1) is 0 Å². The lowest BCUT2D eigenvalue weighted by molar-refractivity contribution is -0.116. The summed E-state index contributed by atoms with van der Waals surface area (Å²) in [5, 5.41) is 14.0. The summed E-state index contributed by atoms with van der Waals surface area (Å²) < 4.78 is 0. The lowest BCUT2D eigenvalue weighted by Gasteiger charge is -2.36. The third kappa shape index (κ3) is 6.21. The molecule has 5 nitrogen and oxygen atoms in total. The van der Waals surface area contributed by atoms with E-state index in [9.17, 15) is 9.90 Å². The van der Waals surface area contributed by atoms with Crippen molar-refractivity contribution in [3.05, 3.63) is 52.5 Å². The number of amides is 1. The van der Waals surface area contributed by atoms with Gasteiger partial charge in [0.25, 0.3) is 0 Å². The fraction of sp³-hybridized carbons (Fsp3) is 0.519. The van der Waals surface area contributed by atoms with Crippen molar-refractivity contribution < 1.29 is 9.90 Å². The Kier molecular flexibility index (Phi) is 8.15. The number of piperazine rings is 1. The fourth-order valence-electron chi connectivity index (χ4n) is 5.13. The molecule has 33 heavy (non-hydrogen) atoms. The van der Waals surface area contributed by atoms with Crippen LogP contribution in [0.2, 0.25) is 5.02 Å². The van der Waals surface area contributed by atoms with Gasteiger partial charge in [-0.05, 0) is 67.1 Å². The van der Waals surface area contributed by atoms with Gasteiger partial charge in [0.1, 0.15) is 5.75 Å². The largest absolute Gasteiger partial charge is 0.508 e. The number of benzene rings is 2. The number of anilines is 2. The fourth-order valence-corrected chi connectivity index (χ4v) is 5.43. The van der Waals surface area contributed by atoms with E-state index < -0.39 is 0 Å². The highest BCUT2D eigenvalue weighted by Gasteiger charge is 2.20. The number of hydrogen-bond donors (Lipinski definition) is 2. The molecule has 1 aliphatic heterocycles. The van der Waals surface area contributed by atoms with Crippen molar-refractivity contribution in [2.45, 2.75) is 57.8 Å². The van der Waals surface area contributed by atoms with Crippen molar-refractivity contribution >= 4 is 28.9 Å². The number of aryl methyl sites for hydroxylation is 1. The summed E-state index contributed by atoms with van der Waals surface area (Å²) in [7, 11) is 0. The number of halogens is 1. The molecule has 2 fully saturated rings. The van der Waals surface area contributed by atoms with E-state index in [-0.39, 0.29) is 5.91 Å². The Bertz CT molecular complexity index is 950. The van der Waals surface area contributed by atoms with E-state index in [0.29, 0.717) is 29.5 Å². The first kappa shape index (κ1) is 23.9. The Balaban J connectivity index is 1.31. The number of hydrogen-bond acceptors (Lipinski definition) is 4. The number of nitrogens with zero attached hydrogens (tertiary/aromatic N) is 2. The second kappa shape index (κ2) is 11.3. The Morgan fingerprint density at radius 1 is 1.06 bits per heavy atom. The standard InChI is InChI=1S/C27H36ClN3O2/c1-2-30-14-16-31(17-15-30)25-11-10-22(19-24(25)28)29-27(33)13-9-20-8-12-26(32)23(18-20)21-6-4-3-5-7-21/h8,10-12,18-19,21,32H,2-7,9,13-17H2,1H3,(H,29,33). The van der Waals surface area contributed by atoms with Crippen molar-refractivity contribution in [2.24, 2.45) is 0 Å². The average molecular weight is 470 g/mol. The molecule has 1 heterocycles. The van der Waals surface area contributed by atoms with Crippen LogP contribution in [0.25, 0.3) is 0 Å². The molecule has 6 heteroatoms. The number of rotatable bonds is 7. The molecule has 0 atom stereocenters. The molecule has 2 aliphatic rings. The van der Waals surface area contributed by atoms with Gasteiger partial charge >= 0.3 is 0 Å². The second-order valence-electron chi connectivity index (χ2n) is 9.36. The Morgan fingerprint density at radius 3 is 2.52 bits per heavy atom. The van der Waals surface area contributed by atoms with Crippen LogP contribution in [-0.4, -0.2) is 48.6 Å². The predicted molar refractivity (Wildman–Crippen MR) is 137 cm³/mol. The molecule has 0 bridgehead atoms. The zero-order valence-electron chi connectivity index (χ0n) is 19.7. The van der Waals surface area contributed by atoms with Crippen molar-refractivity contribution in [3.63, 3.8) is 0 Å². The van der Waals surface area contributed by atoms with E-state index >= 15 is 0 Å². The first-order chi connectivity index (χ1) is 16.0. The molecule has 2 N–H and O–H groups in total. The number of carbonyl (C=O) groups excluding carboxylic acids is 1. The van der Waals surface area contributed by atoms with Crippen LogP contribution in [0.15, 0.2) is 36.4 Å². The molecule has 2 aromatic carbocycles. The third-order valence-corrected chi connectivity index (χ3v) is 7.47. The minimum atomic E-state index is -0.0253. The molecular weight excluding hydrogens is 434 g/mol. The number of carbonyl (C=O) groups is 1. The normalized spacial score (nSPS) is 17.8. The van der Waals surface area contributed by atoms with Gasteiger partial charge in [0.05, 0.1) is 10.7 Å². The molecule has 1 saturated heterocycles. The van der Waals surface area contributed by atoms with E-state index in [0.717, 1.165) is 68.1 Å². The van der Waals surface area contributed by atoms with Gasteiger partial charge < -0.3 is 20.2 Å². The van der Waals surface area contributed by atoms with Crippen LogP contribution in [-0.2, 0) is 11.2 Å². The highest BCUT2D eigenvalue weighted by Crippen LogP contribution is 2.37. The topological polar surface area (TPSA) is 55.8 Å². The number of likely N-dealkylation sites (N-methyl/N-ethyl adjacent to an activating group) is 1. The van der Waals surface area contributed by atoms with E-state index in [1.807, 2.05) is 24.3 Å². The van der Waals surface area contributed by atoms with Crippen LogP contribution < -0.4 is 10.2 Å². The van der Waals surface area contributed by atoms with Crippen LogP contribution >= 0.6 is 11.6 Å². The second-order valence-corrected chi connectivity index (χ2v) is 9.77. The number of aromatic hydroxyl groups is 1. The van der Waals surface area contributed by atoms with Gasteiger partial charge in [-0.3, -0.25) is 4.79 Å². The van der Waals surface area contributed by atoms with Gasteiger partial charge in [0.2, 0.25) is 5.91 Å². The molecule has 1 amide bonds. The minimum absolute atomic E-state index is 0.0253. The lowest BCUT2D eigenvalue weighted by Crippen LogP contribution is -2.46. The quantitative estimate of drug-likeness (QED) is 0.537. The third-order valence-electron chi connectivity index (χ3n) is 7.17. The Labute approximate surface area is 202 Å². The van der Waals surface area contributed by atoms with Gasteiger partial charge in [-0.25, -0.2) is 0 Å². The maximum atomic E-state index is 12.6. The molecular formula is C27H36ClN3O2. The van der Waals surface area contributed by atoms with Crippen molar-refractivity contribution in [1.29, 1.82) is 0 Å². The molecule has 0 unspecified atom stereocenters. The van der Waals surface area contributed by atoms with Gasteiger partial charge in [-0.1, -0.05) is 49.9 Å². The lowest BCUT2D eigenvalue weighted by atomic mass is 9.83. The van der Waals surface area contributed by atoms with Crippen LogP contribution in [0.5, 0.6) is 5.75 Å². The first-order valence-electron chi connectivity index (χ1n) is 12.4. The Morgan fingerprint density at radius 2 is 1.82 bits per heavy atom. The summed E-state index contributed by atoms with van der Waals surface area (Å²) in [5.74, 6) is 0.807. The summed E-state index contributed by atoms with van der Waals surface area (Å²) in [6, 6.07) is 11.6. The van der Waals surface area contributed by atoms with Crippen LogP contribution in [0.3, 0.4) is 0 Å². The molecule has 4 rings (SSSR count). The molecule has 1 aliphatic carbocycles. The van der Waals surface area contributed by atoms with Crippen molar-refractivity contribution in [2.75, 3.05) is 42.9 Å². The molecule has 2 aromatic rings. The highest BCUT2D eigenvalue weighted by molar-refractivity contribution is 6.33. The summed E-state index contributed by atoms with van der Waals surface area (Å²) >= 11 is 6.57. The van der Waals surface area contributed by atoms with E-state index in [4.69, 9.17) is 11.6 Å². The maximum Gasteiger partial charge on any atom is 0.224 e. The van der Waals surface area contributed by atoms with Crippen molar-refractivity contribution in [3.8, 4) is 5.75 Å². The zero-order valence-corrected chi connectivity index (χ0v) is 20.4. The smallest absolute Gasteiger partial charge is 0.224 e. The van der Waals surface area contributed by atoms with E-state index in [1.54, 1.807) is 6.07 Å². The monoisotopic (exact) mass is 469 g/mol. The number of phenolic OH excluding ortho intramolecular Hbond substituents is 1. The molecule has 1 saturated carbocycles. The molecule has 178 valence electrons. The molecule has 0 aromatic heterocycles. The number of phenols is 1. The molecule has 0 spiro atoms. The SMILES string of the molecule is CCN1CCN(c2ccc(NC(=O)CCc3ccc(O)c(C4CCCCC4)c3)cc2Cl)CC1. The van der Waals surface area contributed by atoms with Crippen LogP contribution in [0.1, 0.15) is 62.5 Å². The summed E-state index contributed by atoms with van der Waals surface area (Å²) in [6.45, 7) is 7.30. The van der Waals surface area contributed by atoms with Crippen LogP contribution in [0.4, 0.5) is 11.4 Å². The van der Waals surface area contributed by atoms with Gasteiger partial charge in [0, 0.05) is 38.3 Å². The Hall–Kier alpha value is -2.24. The summed E-state index contributed by atoms with van der Waals surface area (Å²) in [4.78, 5) is 17.3. The van der Waals surface area contributed by atoms with Gasteiger partial charge in [0.15, 0.2) is 0 Å². The van der Waals surface area contributed by atoms with E-state index in [1.165, 1.54) is 19.3 Å². The minimum Gasteiger partial charge on any atom is -0.508 e. The van der Waals surface area contributed by atoms with Gasteiger partial charge in [-0.2, -0.15) is 0 Å². The van der Waals surface area contributed by atoms with Crippen molar-refractivity contribution in [1.82, 2.24) is 4.90 Å².